The van der Waals surface area contributed by atoms with E-state index in [1.54, 1.807) is 12.1 Å². The molecule has 0 amide bonds. The molecule has 0 radical (unpaired) electrons. The molecular weight excluding hydrogens is 388 g/mol. The van der Waals surface area contributed by atoms with E-state index in [1.165, 1.54) is 0 Å². The summed E-state index contributed by atoms with van der Waals surface area (Å²) in [5, 5.41) is 0. The minimum atomic E-state index is -0.936. The minimum Gasteiger partial charge on any atom is -0.294 e. The van der Waals surface area contributed by atoms with Crippen molar-refractivity contribution < 1.29 is 9.59 Å². The van der Waals surface area contributed by atoms with Gasteiger partial charge in [-0.1, -0.05) is 101 Å². The maximum Gasteiger partial charge on any atom is 0.182 e. The van der Waals surface area contributed by atoms with Crippen LogP contribution in [-0.2, 0) is 5.41 Å². The molecule has 0 bridgehead atoms. The molecule has 0 heterocycles. The van der Waals surface area contributed by atoms with Gasteiger partial charge in [0.15, 0.2) is 11.6 Å². The first-order valence-corrected chi connectivity index (χ1v) is 9.40. The number of ketones is 2. The molecule has 0 saturated heterocycles. The highest BCUT2D eigenvalue weighted by Gasteiger charge is 2.84. The van der Waals surface area contributed by atoms with Gasteiger partial charge in [0.2, 0.25) is 0 Å². The lowest BCUT2D eigenvalue weighted by Crippen LogP contribution is -2.31. The summed E-state index contributed by atoms with van der Waals surface area (Å²) < 4.78 is -0.936. The molecule has 0 N–H and O–H groups in total. The lowest BCUT2D eigenvalue weighted by molar-refractivity contribution is 0.0893. The highest BCUT2D eigenvalue weighted by molar-refractivity contribution is 9.10. The van der Waals surface area contributed by atoms with Crippen LogP contribution >= 0.6 is 15.9 Å². The van der Waals surface area contributed by atoms with Crippen LogP contribution in [0.2, 0.25) is 0 Å². The lowest BCUT2D eigenvalue weighted by Gasteiger charge is -2.22. The number of alkyl halides is 1. The standard InChI is InChI=1S/C23H15BrO2/c24-23-20(19(25)17-13-7-8-14-18(17)21(23)26)22(23,15-9-3-1-4-10-15)16-11-5-2-6-12-16/h1-14,20H/t20-,23-/m1/s1. The van der Waals surface area contributed by atoms with Crippen molar-refractivity contribution in [2.45, 2.75) is 9.74 Å². The molecule has 26 heavy (non-hydrogen) atoms. The maximum atomic E-state index is 13.5. The van der Waals surface area contributed by atoms with E-state index in [0.29, 0.717) is 11.1 Å². The third-order valence-corrected chi connectivity index (χ3v) is 7.25. The van der Waals surface area contributed by atoms with Gasteiger partial charge in [0.05, 0.1) is 11.3 Å². The summed E-state index contributed by atoms with van der Waals surface area (Å²) in [6.45, 7) is 0. The van der Waals surface area contributed by atoms with Crippen LogP contribution in [0.25, 0.3) is 0 Å². The summed E-state index contributed by atoms with van der Waals surface area (Å²) in [6.07, 6.45) is 0. The van der Waals surface area contributed by atoms with Crippen molar-refractivity contribution in [1.29, 1.82) is 0 Å². The van der Waals surface area contributed by atoms with Crippen LogP contribution in [-0.4, -0.2) is 15.9 Å². The highest BCUT2D eigenvalue weighted by atomic mass is 79.9. The van der Waals surface area contributed by atoms with E-state index in [4.69, 9.17) is 0 Å². The van der Waals surface area contributed by atoms with Crippen molar-refractivity contribution in [3.8, 4) is 0 Å². The van der Waals surface area contributed by atoms with E-state index in [1.807, 2.05) is 72.8 Å². The fraction of sp³-hybridized carbons (Fsp3) is 0.130. The molecule has 0 aromatic heterocycles. The molecule has 0 spiro atoms. The minimum absolute atomic E-state index is 0.00888. The van der Waals surface area contributed by atoms with Crippen LogP contribution in [0, 0.1) is 5.92 Å². The van der Waals surface area contributed by atoms with E-state index in [-0.39, 0.29) is 11.6 Å². The van der Waals surface area contributed by atoms with E-state index < -0.39 is 15.7 Å². The van der Waals surface area contributed by atoms with Crippen LogP contribution in [0.3, 0.4) is 0 Å². The molecule has 126 valence electrons. The second-order valence-corrected chi connectivity index (χ2v) is 8.17. The molecule has 2 aliphatic rings. The monoisotopic (exact) mass is 402 g/mol. The molecule has 2 nitrogen and oxygen atoms in total. The van der Waals surface area contributed by atoms with Crippen molar-refractivity contribution in [2.24, 2.45) is 5.92 Å². The molecule has 2 atom stereocenters. The van der Waals surface area contributed by atoms with Crippen molar-refractivity contribution in [3.63, 3.8) is 0 Å². The SMILES string of the molecule is O=C1c2ccccc2C(=O)[C@]2(Br)[C@H]1C2(c1ccccc1)c1ccccc1. The van der Waals surface area contributed by atoms with E-state index >= 15 is 0 Å². The number of fused-ring (bicyclic) bond motifs is 2. The molecule has 5 rings (SSSR count). The van der Waals surface area contributed by atoms with Crippen molar-refractivity contribution in [2.75, 3.05) is 0 Å². The summed E-state index contributed by atoms with van der Waals surface area (Å²) in [4.78, 5) is 26.9. The van der Waals surface area contributed by atoms with Gasteiger partial charge < -0.3 is 0 Å². The van der Waals surface area contributed by atoms with Crippen LogP contribution in [0.5, 0.6) is 0 Å². The number of halogens is 1. The van der Waals surface area contributed by atoms with Crippen LogP contribution < -0.4 is 0 Å². The molecular formula is C23H15BrO2. The number of carbonyl (C=O) groups excluding carboxylic acids is 2. The van der Waals surface area contributed by atoms with Crippen molar-refractivity contribution >= 4 is 27.5 Å². The van der Waals surface area contributed by atoms with Gasteiger partial charge in [0, 0.05) is 11.1 Å². The van der Waals surface area contributed by atoms with E-state index in [0.717, 1.165) is 11.1 Å². The first kappa shape index (κ1) is 15.7. The Kier molecular flexibility index (Phi) is 3.17. The highest BCUT2D eigenvalue weighted by Crippen LogP contribution is 2.74. The molecule has 1 saturated carbocycles. The third-order valence-electron chi connectivity index (χ3n) is 5.81. The van der Waals surface area contributed by atoms with Gasteiger partial charge in [-0.3, -0.25) is 9.59 Å². The molecule has 2 aliphatic carbocycles. The first-order chi connectivity index (χ1) is 12.6. The van der Waals surface area contributed by atoms with E-state index in [2.05, 4.69) is 15.9 Å². The fourth-order valence-electron chi connectivity index (χ4n) is 4.70. The summed E-state index contributed by atoms with van der Waals surface area (Å²) in [6, 6.07) is 27.0. The Morgan fingerprint density at radius 1 is 0.654 bits per heavy atom. The lowest BCUT2D eigenvalue weighted by atomic mass is 9.83. The Balaban J connectivity index is 1.83. The average molecular weight is 403 g/mol. The Hall–Kier alpha value is -2.52. The molecule has 1 fully saturated rings. The zero-order valence-electron chi connectivity index (χ0n) is 13.9. The number of hydrogen-bond acceptors (Lipinski definition) is 2. The van der Waals surface area contributed by atoms with Gasteiger partial charge in [-0.15, -0.1) is 0 Å². The summed E-state index contributed by atoms with van der Waals surface area (Å²) in [7, 11) is 0. The molecule has 0 unspecified atom stereocenters. The molecule has 3 aromatic rings. The van der Waals surface area contributed by atoms with Gasteiger partial charge in [-0.25, -0.2) is 0 Å². The molecule has 3 heteroatoms. The summed E-state index contributed by atoms with van der Waals surface area (Å²) >= 11 is 3.77. The predicted octanol–water partition coefficient (Wildman–Crippen LogP) is 4.82. The summed E-state index contributed by atoms with van der Waals surface area (Å²) in [5.41, 5.74) is 2.33. The number of hydrogen-bond donors (Lipinski definition) is 0. The van der Waals surface area contributed by atoms with Crippen LogP contribution in [0.4, 0.5) is 0 Å². The Morgan fingerprint density at radius 2 is 1.12 bits per heavy atom. The zero-order valence-corrected chi connectivity index (χ0v) is 15.4. The molecule has 3 aromatic carbocycles. The van der Waals surface area contributed by atoms with Crippen LogP contribution in [0.15, 0.2) is 84.9 Å². The van der Waals surface area contributed by atoms with E-state index in [9.17, 15) is 9.59 Å². The number of carbonyl (C=O) groups is 2. The molecule has 0 aliphatic heterocycles. The van der Waals surface area contributed by atoms with Gasteiger partial charge in [-0.05, 0) is 11.1 Å². The Labute approximate surface area is 160 Å². The quantitative estimate of drug-likeness (QED) is 0.576. The van der Waals surface area contributed by atoms with Gasteiger partial charge >= 0.3 is 0 Å². The zero-order chi connectivity index (χ0) is 17.9. The van der Waals surface area contributed by atoms with Gasteiger partial charge in [-0.2, -0.15) is 0 Å². The average Bonchev–Trinajstić information content (AvgIpc) is 3.30. The van der Waals surface area contributed by atoms with Crippen molar-refractivity contribution in [1.82, 2.24) is 0 Å². The topological polar surface area (TPSA) is 34.1 Å². The summed E-state index contributed by atoms with van der Waals surface area (Å²) in [5.74, 6) is -0.419. The second kappa shape index (κ2) is 5.24. The predicted molar refractivity (Wildman–Crippen MR) is 104 cm³/mol. The second-order valence-electron chi connectivity index (χ2n) is 6.92. The normalized spacial score (nSPS) is 25.3. The van der Waals surface area contributed by atoms with Crippen LogP contribution in [0.1, 0.15) is 31.8 Å². The number of benzene rings is 3. The number of rotatable bonds is 2. The Bertz CT molecular complexity index is 1000. The van der Waals surface area contributed by atoms with Crippen molar-refractivity contribution in [3.05, 3.63) is 107 Å². The Morgan fingerprint density at radius 3 is 1.65 bits per heavy atom. The number of Topliss-reactive ketones (excluding diaryl/α,β-unsaturated/α-hetero) is 2. The fourth-order valence-corrected chi connectivity index (χ4v) is 6.03. The maximum absolute atomic E-state index is 13.5. The largest absolute Gasteiger partial charge is 0.294 e. The third kappa shape index (κ3) is 1.67. The first-order valence-electron chi connectivity index (χ1n) is 8.61. The smallest absolute Gasteiger partial charge is 0.182 e. The van der Waals surface area contributed by atoms with Gasteiger partial charge in [0.1, 0.15) is 4.32 Å². The van der Waals surface area contributed by atoms with Gasteiger partial charge in [0.25, 0.3) is 0 Å².